The smallest absolute Gasteiger partial charge is 0.118 e. The van der Waals surface area contributed by atoms with Crippen molar-refractivity contribution in [2.75, 3.05) is 20.2 Å². The van der Waals surface area contributed by atoms with Gasteiger partial charge in [0.1, 0.15) is 11.6 Å². The summed E-state index contributed by atoms with van der Waals surface area (Å²) in [6.45, 7) is 4.57. The third kappa shape index (κ3) is 2.85. The van der Waals surface area contributed by atoms with Crippen LogP contribution >= 0.6 is 11.3 Å². The van der Waals surface area contributed by atoms with Crippen LogP contribution in [0.15, 0.2) is 47.3 Å². The van der Waals surface area contributed by atoms with E-state index in [9.17, 15) is 0 Å². The summed E-state index contributed by atoms with van der Waals surface area (Å²) in [7, 11) is 1.71. The van der Waals surface area contributed by atoms with Crippen molar-refractivity contribution in [1.82, 2.24) is 14.5 Å². The second-order valence-corrected chi connectivity index (χ2v) is 8.23. The van der Waals surface area contributed by atoms with Crippen LogP contribution in [0.25, 0.3) is 11.3 Å². The number of benzene rings is 1. The molecule has 4 nitrogen and oxygen atoms in total. The molecular weight excluding hydrogens is 342 g/mol. The fourth-order valence-electron chi connectivity index (χ4n) is 4.49. The normalized spacial score (nSPS) is 22.2. The molecule has 0 N–H and O–H groups in total. The van der Waals surface area contributed by atoms with Crippen LogP contribution in [0.3, 0.4) is 0 Å². The van der Waals surface area contributed by atoms with Gasteiger partial charge in [0, 0.05) is 38.2 Å². The summed E-state index contributed by atoms with van der Waals surface area (Å²) >= 11 is 1.79. The van der Waals surface area contributed by atoms with Crippen LogP contribution in [0.5, 0.6) is 5.75 Å². The van der Waals surface area contributed by atoms with Crippen LogP contribution in [0.2, 0.25) is 0 Å². The van der Waals surface area contributed by atoms with E-state index in [2.05, 4.69) is 38.4 Å². The summed E-state index contributed by atoms with van der Waals surface area (Å²) in [5.41, 5.74) is 3.90. The van der Waals surface area contributed by atoms with E-state index in [1.165, 1.54) is 35.7 Å². The van der Waals surface area contributed by atoms with Crippen LogP contribution in [0, 0.1) is 11.8 Å². The molecule has 4 heterocycles. The molecule has 1 aromatic carbocycles. The van der Waals surface area contributed by atoms with Gasteiger partial charge in [-0.1, -0.05) is 0 Å². The number of rotatable bonds is 4. The number of likely N-dealkylation sites (tertiary alicyclic amines) is 1. The molecule has 2 aromatic heterocycles. The van der Waals surface area contributed by atoms with Crippen molar-refractivity contribution in [3.8, 4) is 17.0 Å². The van der Waals surface area contributed by atoms with E-state index in [1.807, 2.05) is 18.3 Å². The Kier molecular flexibility index (Phi) is 4.06. The lowest BCUT2D eigenvalue weighted by molar-refractivity contribution is 0.307. The number of thiophene rings is 1. The molecule has 5 heteroatoms. The third-order valence-electron chi connectivity index (χ3n) is 5.82. The Morgan fingerprint density at radius 1 is 1.12 bits per heavy atom. The molecule has 2 atom stereocenters. The predicted octanol–water partition coefficient (Wildman–Crippen LogP) is 3.92. The molecule has 2 aliphatic heterocycles. The van der Waals surface area contributed by atoms with E-state index < -0.39 is 0 Å². The molecule has 1 saturated heterocycles. The lowest BCUT2D eigenvalue weighted by Crippen LogP contribution is -2.28. The highest BCUT2D eigenvalue weighted by molar-refractivity contribution is 7.07. The SMILES string of the molecule is COc1ccc(-c2cnc3n2CC2CN(Cc4ccsc4)CC2C3)cc1. The van der Waals surface area contributed by atoms with Gasteiger partial charge < -0.3 is 9.30 Å². The maximum Gasteiger partial charge on any atom is 0.118 e. The fourth-order valence-corrected chi connectivity index (χ4v) is 5.15. The number of nitrogens with zero attached hydrogens (tertiary/aromatic N) is 3. The summed E-state index contributed by atoms with van der Waals surface area (Å²) in [6.07, 6.45) is 3.14. The summed E-state index contributed by atoms with van der Waals surface area (Å²) in [6, 6.07) is 10.6. The number of methoxy groups -OCH3 is 1. The zero-order valence-electron chi connectivity index (χ0n) is 15.0. The molecule has 2 aliphatic rings. The topological polar surface area (TPSA) is 30.3 Å². The Balaban J connectivity index is 1.35. The van der Waals surface area contributed by atoms with E-state index >= 15 is 0 Å². The first-order chi connectivity index (χ1) is 12.8. The molecule has 0 saturated carbocycles. The minimum atomic E-state index is 0.729. The van der Waals surface area contributed by atoms with Crippen LogP contribution in [0.1, 0.15) is 11.4 Å². The van der Waals surface area contributed by atoms with Crippen molar-refractivity contribution in [1.29, 1.82) is 0 Å². The van der Waals surface area contributed by atoms with Crippen molar-refractivity contribution in [2.24, 2.45) is 11.8 Å². The Labute approximate surface area is 158 Å². The zero-order chi connectivity index (χ0) is 17.5. The lowest BCUT2D eigenvalue weighted by atomic mass is 9.89. The third-order valence-corrected chi connectivity index (χ3v) is 6.56. The van der Waals surface area contributed by atoms with Crippen molar-refractivity contribution < 1.29 is 4.74 Å². The van der Waals surface area contributed by atoms with Gasteiger partial charge in [0.2, 0.25) is 0 Å². The molecule has 0 amide bonds. The Morgan fingerprint density at radius 2 is 1.96 bits per heavy atom. The van der Waals surface area contributed by atoms with Gasteiger partial charge in [-0.25, -0.2) is 4.98 Å². The number of aromatic nitrogens is 2. The highest BCUT2D eigenvalue weighted by atomic mass is 32.1. The highest BCUT2D eigenvalue weighted by Crippen LogP contribution is 2.36. The molecule has 3 aromatic rings. The molecular formula is C21H23N3OS. The second kappa shape index (κ2) is 6.56. The van der Waals surface area contributed by atoms with Crippen LogP contribution < -0.4 is 4.74 Å². The zero-order valence-corrected chi connectivity index (χ0v) is 15.8. The number of imidazole rings is 1. The van der Waals surface area contributed by atoms with Crippen molar-refractivity contribution >= 4 is 11.3 Å². The van der Waals surface area contributed by atoms with E-state index in [0.29, 0.717) is 0 Å². The largest absolute Gasteiger partial charge is 0.497 e. The van der Waals surface area contributed by atoms with Gasteiger partial charge in [-0.3, -0.25) is 4.90 Å². The molecule has 0 radical (unpaired) electrons. The quantitative estimate of drug-likeness (QED) is 0.702. The van der Waals surface area contributed by atoms with Gasteiger partial charge in [0.15, 0.2) is 0 Å². The molecule has 134 valence electrons. The monoisotopic (exact) mass is 365 g/mol. The van der Waals surface area contributed by atoms with Crippen LogP contribution in [0.4, 0.5) is 0 Å². The highest BCUT2D eigenvalue weighted by Gasteiger charge is 2.37. The van der Waals surface area contributed by atoms with E-state index in [0.717, 1.165) is 37.1 Å². The number of hydrogen-bond donors (Lipinski definition) is 0. The first-order valence-electron chi connectivity index (χ1n) is 9.22. The maximum atomic E-state index is 5.28. The minimum absolute atomic E-state index is 0.729. The summed E-state index contributed by atoms with van der Waals surface area (Å²) < 4.78 is 7.73. The number of hydrogen-bond acceptors (Lipinski definition) is 4. The van der Waals surface area contributed by atoms with Gasteiger partial charge in [-0.05, 0) is 58.5 Å². The molecule has 2 unspecified atom stereocenters. The fraction of sp³-hybridized carbons (Fsp3) is 0.381. The Bertz CT molecular complexity index is 885. The predicted molar refractivity (Wildman–Crippen MR) is 104 cm³/mol. The second-order valence-electron chi connectivity index (χ2n) is 7.45. The molecule has 0 aliphatic carbocycles. The molecule has 1 fully saturated rings. The Hall–Kier alpha value is -2.11. The van der Waals surface area contributed by atoms with Gasteiger partial charge in [0.05, 0.1) is 19.0 Å². The molecule has 0 spiro atoms. The first kappa shape index (κ1) is 16.1. The lowest BCUT2D eigenvalue weighted by Gasteiger charge is -2.27. The van der Waals surface area contributed by atoms with Crippen LogP contribution in [-0.2, 0) is 19.5 Å². The van der Waals surface area contributed by atoms with E-state index in [-0.39, 0.29) is 0 Å². The standard InChI is InChI=1S/C21H23N3OS/c1-25-19-4-2-16(3-5-19)20-9-22-21-8-17-11-23(10-15-6-7-26-14-15)12-18(17)13-24(20)21/h2-7,9,14,17-18H,8,10-13H2,1H3. The van der Waals surface area contributed by atoms with Gasteiger partial charge in [-0.2, -0.15) is 11.3 Å². The summed E-state index contributed by atoms with van der Waals surface area (Å²) in [5.74, 6) is 3.61. The van der Waals surface area contributed by atoms with Crippen molar-refractivity contribution in [3.05, 3.63) is 58.7 Å². The first-order valence-corrected chi connectivity index (χ1v) is 10.2. The minimum Gasteiger partial charge on any atom is -0.497 e. The molecule has 0 bridgehead atoms. The van der Waals surface area contributed by atoms with Crippen LogP contribution in [-0.4, -0.2) is 34.7 Å². The number of ether oxygens (including phenoxy) is 1. The van der Waals surface area contributed by atoms with Crippen molar-refractivity contribution in [2.45, 2.75) is 19.5 Å². The summed E-state index contributed by atoms with van der Waals surface area (Å²) in [4.78, 5) is 7.37. The van der Waals surface area contributed by atoms with Gasteiger partial charge in [-0.15, -0.1) is 0 Å². The van der Waals surface area contributed by atoms with Gasteiger partial charge in [0.25, 0.3) is 0 Å². The Morgan fingerprint density at radius 3 is 2.73 bits per heavy atom. The van der Waals surface area contributed by atoms with E-state index in [1.54, 1.807) is 18.4 Å². The maximum absolute atomic E-state index is 5.28. The number of fused-ring (bicyclic) bond motifs is 2. The molecule has 5 rings (SSSR count). The summed E-state index contributed by atoms with van der Waals surface area (Å²) in [5, 5.41) is 4.45. The van der Waals surface area contributed by atoms with E-state index in [4.69, 9.17) is 9.72 Å². The average Bonchev–Trinajstić information content (AvgIpc) is 3.39. The molecule has 26 heavy (non-hydrogen) atoms. The van der Waals surface area contributed by atoms with Crippen molar-refractivity contribution in [3.63, 3.8) is 0 Å². The average molecular weight is 366 g/mol. The van der Waals surface area contributed by atoms with Gasteiger partial charge >= 0.3 is 0 Å².